The second kappa shape index (κ2) is 11.9. The van der Waals surface area contributed by atoms with E-state index in [0.717, 1.165) is 18.3 Å². The average Bonchev–Trinajstić information content (AvgIpc) is 3.65. The van der Waals surface area contributed by atoms with Gasteiger partial charge in [-0.2, -0.15) is 0 Å². The van der Waals surface area contributed by atoms with Gasteiger partial charge in [0.05, 0.1) is 0 Å². The second-order valence-corrected chi connectivity index (χ2v) is 13.2. The van der Waals surface area contributed by atoms with E-state index in [1.807, 2.05) is 0 Å². The normalized spacial score (nSPS) is 18.5. The fourth-order valence-electron chi connectivity index (χ4n) is 7.68. The van der Waals surface area contributed by atoms with Gasteiger partial charge in [-0.25, -0.2) is 70.4 Å². The van der Waals surface area contributed by atoms with Crippen LogP contribution < -0.4 is 10.9 Å². The number of hydrogen-bond donors (Lipinski definition) is 0. The van der Waals surface area contributed by atoms with Gasteiger partial charge in [0.1, 0.15) is 35.6 Å². The van der Waals surface area contributed by atoms with Crippen molar-refractivity contribution in [3.05, 3.63) is 134 Å². The molecular weight excluding hydrogens is 718 g/mol. The SMILES string of the molecule is CC(C)(C)[N+]1=C[C@@H]2C(=C(c3ccccc3)[C@@H](c3c(F)c(F)c(F)c(F)c3F)[B-]2(c2c(F)c(F)c(F)c(F)c2F)c2c(F)c(F)c(F)c(F)c2F)C1. The molecule has 0 spiro atoms. The molecule has 2 atom stereocenters. The first-order valence-electron chi connectivity index (χ1n) is 14.8. The maximum absolute atomic E-state index is 16.3. The van der Waals surface area contributed by atoms with E-state index >= 15 is 52.7 Å². The molecule has 268 valence electrons. The van der Waals surface area contributed by atoms with Gasteiger partial charge in [0.15, 0.2) is 70.3 Å². The standard InChI is InChI=1S/C34H19BF15N/c1-34(2,3)51-9-12-13(10-51)35(17-21(38)27(44)32(49)28(45)22(17)39,18-23(40)29(46)33(50)30(47)24(18)41)16(14(12)11-7-5-4-6-8-11)15-19(36)25(42)31(48)26(43)20(15)37/h4-8,10,13,16H,9H2,1-3H3/t13-,16+/m1/s1. The number of fused-ring (bicyclic) bond motifs is 1. The Balaban J connectivity index is 2.01. The Morgan fingerprint density at radius 3 is 1.24 bits per heavy atom. The molecule has 0 unspecified atom stereocenters. The van der Waals surface area contributed by atoms with E-state index < -0.39 is 145 Å². The summed E-state index contributed by atoms with van der Waals surface area (Å²) in [5.41, 5.74) is -9.23. The second-order valence-electron chi connectivity index (χ2n) is 13.2. The molecule has 2 aliphatic rings. The molecule has 2 aliphatic heterocycles. The number of hydrogen-bond acceptors (Lipinski definition) is 0. The molecule has 0 amide bonds. The maximum Gasteiger partial charge on any atom is 0.200 e. The van der Waals surface area contributed by atoms with Crippen molar-refractivity contribution >= 4 is 28.9 Å². The van der Waals surface area contributed by atoms with Crippen LogP contribution in [0, 0.1) is 87.3 Å². The van der Waals surface area contributed by atoms with Crippen molar-refractivity contribution in [3.8, 4) is 0 Å². The first-order valence-corrected chi connectivity index (χ1v) is 14.8. The lowest BCUT2D eigenvalue weighted by molar-refractivity contribution is -0.581. The average molecular weight is 737 g/mol. The summed E-state index contributed by atoms with van der Waals surface area (Å²) in [5.74, 6) is -47.8. The summed E-state index contributed by atoms with van der Waals surface area (Å²) in [6, 6.07) is 6.04. The molecule has 0 aromatic heterocycles. The molecule has 4 aromatic rings. The lowest BCUT2D eigenvalue weighted by Gasteiger charge is -2.48. The van der Waals surface area contributed by atoms with Crippen LogP contribution in [0.4, 0.5) is 65.9 Å². The molecule has 0 saturated heterocycles. The van der Waals surface area contributed by atoms with E-state index in [9.17, 15) is 13.2 Å². The quantitative estimate of drug-likeness (QED) is 0.0652. The number of allylic oxidation sites excluding steroid dienone is 1. The fourth-order valence-corrected chi connectivity index (χ4v) is 7.68. The molecule has 51 heavy (non-hydrogen) atoms. The van der Waals surface area contributed by atoms with Crippen LogP contribution in [0.3, 0.4) is 0 Å². The number of nitrogens with zero attached hydrogens (tertiary/aromatic N) is 1. The summed E-state index contributed by atoms with van der Waals surface area (Å²) in [4.78, 5) is 0. The van der Waals surface area contributed by atoms with E-state index in [-0.39, 0.29) is 5.56 Å². The van der Waals surface area contributed by atoms with Gasteiger partial charge in [-0.15, -0.1) is 10.9 Å². The van der Waals surface area contributed by atoms with Crippen LogP contribution in [0.2, 0.25) is 5.82 Å². The smallest absolute Gasteiger partial charge is 0.200 e. The molecule has 0 radical (unpaired) electrons. The Morgan fingerprint density at radius 2 is 0.863 bits per heavy atom. The van der Waals surface area contributed by atoms with Gasteiger partial charge in [-0.1, -0.05) is 47.5 Å². The minimum Gasteiger partial charge on any atom is -0.234 e. The van der Waals surface area contributed by atoms with Crippen molar-refractivity contribution in [2.45, 2.75) is 37.9 Å². The van der Waals surface area contributed by atoms with E-state index in [4.69, 9.17) is 0 Å². The van der Waals surface area contributed by atoms with Crippen molar-refractivity contribution in [1.29, 1.82) is 0 Å². The van der Waals surface area contributed by atoms with Crippen LogP contribution in [-0.2, 0) is 0 Å². The van der Waals surface area contributed by atoms with Crippen LogP contribution >= 0.6 is 0 Å². The Labute approximate surface area is 278 Å². The van der Waals surface area contributed by atoms with Crippen LogP contribution in [0.15, 0.2) is 35.9 Å². The van der Waals surface area contributed by atoms with E-state index in [0.29, 0.717) is 0 Å². The van der Waals surface area contributed by atoms with E-state index in [1.54, 1.807) is 0 Å². The van der Waals surface area contributed by atoms with Crippen molar-refractivity contribution in [1.82, 2.24) is 0 Å². The highest BCUT2D eigenvalue weighted by Gasteiger charge is 2.62. The third-order valence-corrected chi connectivity index (χ3v) is 9.78. The number of benzene rings is 4. The van der Waals surface area contributed by atoms with Gasteiger partial charge in [-0.3, -0.25) is 0 Å². The lowest BCUT2D eigenvalue weighted by Crippen LogP contribution is -2.69. The van der Waals surface area contributed by atoms with E-state index in [1.165, 1.54) is 43.5 Å². The van der Waals surface area contributed by atoms with Gasteiger partial charge in [0.25, 0.3) is 0 Å². The monoisotopic (exact) mass is 737 g/mol. The summed E-state index contributed by atoms with van der Waals surface area (Å²) in [7, 11) is 0. The van der Waals surface area contributed by atoms with Crippen molar-refractivity contribution in [3.63, 3.8) is 0 Å². The summed E-state index contributed by atoms with van der Waals surface area (Å²) in [5, 5.41) is 0. The molecule has 0 N–H and O–H groups in total. The Hall–Kier alpha value is -4.70. The molecule has 0 fully saturated rings. The van der Waals surface area contributed by atoms with Gasteiger partial charge in [0, 0.05) is 5.56 Å². The predicted molar refractivity (Wildman–Crippen MR) is 155 cm³/mol. The maximum atomic E-state index is 16.3. The summed E-state index contributed by atoms with van der Waals surface area (Å²) < 4.78 is 233. The van der Waals surface area contributed by atoms with Crippen LogP contribution in [0.1, 0.15) is 37.7 Å². The van der Waals surface area contributed by atoms with Crippen LogP contribution in [0.5, 0.6) is 0 Å². The van der Waals surface area contributed by atoms with Gasteiger partial charge >= 0.3 is 0 Å². The molecular formula is C34H19BF15N. The first kappa shape index (κ1) is 36.1. The summed E-state index contributed by atoms with van der Waals surface area (Å²) in [6.07, 6.45) is -4.36. The van der Waals surface area contributed by atoms with Crippen molar-refractivity contribution in [2.75, 3.05) is 6.54 Å². The van der Waals surface area contributed by atoms with Crippen molar-refractivity contribution in [2.24, 2.45) is 0 Å². The number of halogens is 15. The summed E-state index contributed by atoms with van der Waals surface area (Å²) in [6.45, 7) is 3.94. The highest BCUT2D eigenvalue weighted by molar-refractivity contribution is 7.08. The highest BCUT2D eigenvalue weighted by atomic mass is 19.2. The largest absolute Gasteiger partial charge is 0.234 e. The molecule has 4 aromatic carbocycles. The molecule has 6 rings (SSSR count). The van der Waals surface area contributed by atoms with E-state index in [2.05, 4.69) is 0 Å². The summed E-state index contributed by atoms with van der Waals surface area (Å²) >= 11 is 0. The molecule has 0 bridgehead atoms. The van der Waals surface area contributed by atoms with Crippen LogP contribution in [-0.4, -0.2) is 29.0 Å². The molecule has 0 saturated carbocycles. The van der Waals surface area contributed by atoms with Crippen molar-refractivity contribution < 1.29 is 70.4 Å². The third-order valence-electron chi connectivity index (χ3n) is 9.78. The molecule has 2 heterocycles. The fraction of sp³-hybridized carbons (Fsp3) is 0.206. The zero-order valence-corrected chi connectivity index (χ0v) is 26.0. The highest BCUT2D eigenvalue weighted by Crippen LogP contribution is 2.58. The first-order chi connectivity index (χ1) is 23.7. The van der Waals surface area contributed by atoms with Crippen LogP contribution in [0.25, 0.3) is 5.57 Å². The lowest BCUT2D eigenvalue weighted by atomic mass is 9.09. The molecule has 1 nitrogen and oxygen atoms in total. The Kier molecular flexibility index (Phi) is 8.45. The minimum atomic E-state index is -5.24. The molecule has 17 heteroatoms. The predicted octanol–water partition coefficient (Wildman–Crippen LogP) is 8.39. The third kappa shape index (κ3) is 4.78. The zero-order valence-electron chi connectivity index (χ0n) is 26.0. The van der Waals surface area contributed by atoms with Gasteiger partial charge < -0.3 is 0 Å². The van der Waals surface area contributed by atoms with Gasteiger partial charge in [-0.05, 0) is 31.9 Å². The zero-order chi connectivity index (χ0) is 37.8. The number of rotatable bonds is 4. The Morgan fingerprint density at radius 1 is 0.510 bits per heavy atom. The molecule has 0 aliphatic carbocycles. The van der Waals surface area contributed by atoms with Gasteiger partial charge in [0.2, 0.25) is 5.82 Å². The Bertz CT molecular complexity index is 2080. The minimum absolute atomic E-state index is 0.299. The topological polar surface area (TPSA) is 3.01 Å².